The maximum Gasteiger partial charge on any atom is 0.241 e. The van der Waals surface area contributed by atoms with Crippen molar-refractivity contribution >= 4 is 46.0 Å². The molecule has 19 heavy (non-hydrogen) atoms. The van der Waals surface area contributed by atoms with Crippen molar-refractivity contribution in [1.29, 1.82) is 0 Å². The maximum absolute atomic E-state index is 5.94. The van der Waals surface area contributed by atoms with Crippen LogP contribution in [0.5, 0.6) is 0 Å². The lowest BCUT2D eigenvalue weighted by Crippen LogP contribution is -2.05. The fourth-order valence-corrected chi connectivity index (χ4v) is 2.22. The quantitative estimate of drug-likeness (QED) is 0.690. The summed E-state index contributed by atoms with van der Waals surface area (Å²) in [7, 11) is 0. The summed E-state index contributed by atoms with van der Waals surface area (Å²) < 4.78 is 1.66. The van der Waals surface area contributed by atoms with Gasteiger partial charge in [-0.05, 0) is 36.2 Å². The molecule has 0 amide bonds. The number of aromatic nitrogens is 6. The second-order valence-corrected chi connectivity index (χ2v) is 4.78. The second-order valence-electron chi connectivity index (χ2n) is 3.66. The Kier molecular flexibility index (Phi) is 3.00. The SMILES string of the molecule is Cc1nc2ncc(Cl)cc2n1-c1nc(Cl)nc(Cl)n1. The maximum atomic E-state index is 5.94. The fourth-order valence-electron chi connectivity index (χ4n) is 1.72. The van der Waals surface area contributed by atoms with Gasteiger partial charge in [-0.25, -0.2) is 9.97 Å². The summed E-state index contributed by atoms with van der Waals surface area (Å²) in [5, 5.41) is 0.498. The molecule has 0 aromatic carbocycles. The number of hydrogen-bond acceptors (Lipinski definition) is 5. The molecule has 0 fully saturated rings. The predicted molar refractivity (Wildman–Crippen MR) is 72.0 cm³/mol. The van der Waals surface area contributed by atoms with Crippen LogP contribution in [0.1, 0.15) is 5.82 Å². The van der Waals surface area contributed by atoms with Crippen LogP contribution in [-0.4, -0.2) is 29.5 Å². The summed E-state index contributed by atoms with van der Waals surface area (Å²) in [5.41, 5.74) is 1.21. The van der Waals surface area contributed by atoms with Gasteiger partial charge in [-0.3, -0.25) is 4.57 Å². The van der Waals surface area contributed by atoms with Crippen LogP contribution in [0.3, 0.4) is 0 Å². The Hall–Kier alpha value is -1.50. The highest BCUT2D eigenvalue weighted by molar-refractivity contribution is 6.31. The minimum atomic E-state index is 0.00578. The number of rotatable bonds is 1. The van der Waals surface area contributed by atoms with Crippen LogP contribution in [0.2, 0.25) is 15.6 Å². The molecule has 0 aliphatic carbocycles. The van der Waals surface area contributed by atoms with Gasteiger partial charge in [-0.15, -0.1) is 0 Å². The molecule has 3 aromatic heterocycles. The van der Waals surface area contributed by atoms with E-state index >= 15 is 0 Å². The topological polar surface area (TPSA) is 69.4 Å². The number of hydrogen-bond donors (Lipinski definition) is 0. The zero-order valence-corrected chi connectivity index (χ0v) is 11.7. The molecule has 0 N–H and O–H groups in total. The lowest BCUT2D eigenvalue weighted by Gasteiger charge is -2.04. The van der Waals surface area contributed by atoms with Gasteiger partial charge in [0.2, 0.25) is 16.5 Å². The van der Waals surface area contributed by atoms with E-state index in [9.17, 15) is 0 Å². The van der Waals surface area contributed by atoms with Crippen molar-refractivity contribution in [2.75, 3.05) is 0 Å². The minimum absolute atomic E-state index is 0.00578. The summed E-state index contributed by atoms with van der Waals surface area (Å²) >= 11 is 17.5. The Morgan fingerprint density at radius 2 is 1.68 bits per heavy atom. The third-order valence-electron chi connectivity index (χ3n) is 2.42. The summed E-state index contributed by atoms with van der Waals surface area (Å²) in [6, 6.07) is 1.72. The average molecular weight is 316 g/mol. The number of halogens is 3. The third kappa shape index (κ3) is 2.22. The molecule has 96 valence electrons. The van der Waals surface area contributed by atoms with Crippen LogP contribution in [0.4, 0.5) is 0 Å². The molecule has 3 aromatic rings. The molecule has 3 heterocycles. The van der Waals surface area contributed by atoms with Gasteiger partial charge in [0.15, 0.2) is 5.65 Å². The van der Waals surface area contributed by atoms with Crippen molar-refractivity contribution < 1.29 is 0 Å². The molecule has 0 saturated heterocycles. The van der Waals surface area contributed by atoms with Crippen LogP contribution in [0.25, 0.3) is 17.1 Å². The van der Waals surface area contributed by atoms with Gasteiger partial charge < -0.3 is 0 Å². The molecule has 0 unspecified atom stereocenters. The monoisotopic (exact) mass is 314 g/mol. The highest BCUT2D eigenvalue weighted by atomic mass is 35.5. The van der Waals surface area contributed by atoms with Gasteiger partial charge in [-0.1, -0.05) is 11.6 Å². The van der Waals surface area contributed by atoms with Crippen molar-refractivity contribution in [2.24, 2.45) is 0 Å². The van der Waals surface area contributed by atoms with Gasteiger partial charge in [0.05, 0.1) is 10.5 Å². The molecule has 0 bridgehead atoms. The first kappa shape index (κ1) is 12.5. The van der Waals surface area contributed by atoms with E-state index in [0.717, 1.165) is 0 Å². The largest absolute Gasteiger partial charge is 0.262 e. The normalized spacial score (nSPS) is 11.2. The van der Waals surface area contributed by atoms with Crippen molar-refractivity contribution in [3.63, 3.8) is 0 Å². The lowest BCUT2D eigenvalue weighted by atomic mass is 10.4. The molecule has 9 heteroatoms. The second kappa shape index (κ2) is 4.56. The lowest BCUT2D eigenvalue weighted by molar-refractivity contribution is 0.879. The molecule has 6 nitrogen and oxygen atoms in total. The molecular formula is C10H5Cl3N6. The summed E-state index contributed by atoms with van der Waals surface area (Å²) in [6.45, 7) is 1.79. The first-order chi connectivity index (χ1) is 9.04. The third-order valence-corrected chi connectivity index (χ3v) is 2.96. The summed E-state index contributed by atoms with van der Waals surface area (Å²) in [6.07, 6.45) is 1.52. The van der Waals surface area contributed by atoms with Gasteiger partial charge in [0.25, 0.3) is 0 Å². The molecule has 0 aliphatic rings. The Bertz CT molecular complexity index is 764. The van der Waals surface area contributed by atoms with Crippen molar-refractivity contribution in [1.82, 2.24) is 29.5 Å². The zero-order chi connectivity index (χ0) is 13.6. The predicted octanol–water partition coefficient (Wildman–Crippen LogP) is 2.87. The molecule has 0 spiro atoms. The zero-order valence-electron chi connectivity index (χ0n) is 9.47. The van der Waals surface area contributed by atoms with E-state index in [0.29, 0.717) is 22.0 Å². The van der Waals surface area contributed by atoms with E-state index in [1.165, 1.54) is 6.20 Å². The Morgan fingerprint density at radius 1 is 1.00 bits per heavy atom. The van der Waals surface area contributed by atoms with Crippen LogP contribution < -0.4 is 0 Å². The first-order valence-electron chi connectivity index (χ1n) is 5.12. The van der Waals surface area contributed by atoms with E-state index in [4.69, 9.17) is 34.8 Å². The standard InChI is InChI=1S/C10H5Cl3N6/c1-4-15-7-6(2-5(11)3-14-7)19(4)10-17-8(12)16-9(13)18-10/h2-3H,1H3. The van der Waals surface area contributed by atoms with Gasteiger partial charge >= 0.3 is 0 Å². The Labute approximate surface area is 122 Å². The van der Waals surface area contributed by atoms with Crippen molar-refractivity contribution in [2.45, 2.75) is 6.92 Å². The van der Waals surface area contributed by atoms with Crippen LogP contribution >= 0.6 is 34.8 Å². The number of pyridine rings is 1. The first-order valence-corrected chi connectivity index (χ1v) is 6.26. The number of imidazole rings is 1. The molecule has 0 saturated carbocycles. The average Bonchev–Trinajstić information content (AvgIpc) is 2.63. The highest BCUT2D eigenvalue weighted by Gasteiger charge is 2.14. The van der Waals surface area contributed by atoms with Crippen molar-refractivity contribution in [3.05, 3.63) is 33.7 Å². The van der Waals surface area contributed by atoms with Gasteiger partial charge in [0, 0.05) is 6.20 Å². The summed E-state index contributed by atoms with van der Waals surface area (Å²) in [4.78, 5) is 20.2. The molecule has 0 aliphatic heterocycles. The minimum Gasteiger partial charge on any atom is -0.262 e. The molecule has 3 rings (SSSR count). The highest BCUT2D eigenvalue weighted by Crippen LogP contribution is 2.21. The van der Waals surface area contributed by atoms with E-state index in [2.05, 4.69) is 24.9 Å². The Morgan fingerprint density at radius 3 is 2.37 bits per heavy atom. The van der Waals surface area contributed by atoms with Crippen molar-refractivity contribution in [3.8, 4) is 5.95 Å². The van der Waals surface area contributed by atoms with Crippen LogP contribution in [0.15, 0.2) is 12.3 Å². The Balaban J connectivity index is 2.35. The number of fused-ring (bicyclic) bond motifs is 1. The van der Waals surface area contributed by atoms with Crippen LogP contribution in [-0.2, 0) is 0 Å². The van der Waals surface area contributed by atoms with Gasteiger partial charge in [-0.2, -0.15) is 15.0 Å². The molecule has 0 radical (unpaired) electrons. The van der Waals surface area contributed by atoms with Gasteiger partial charge in [0.1, 0.15) is 5.82 Å². The van der Waals surface area contributed by atoms with E-state index < -0.39 is 0 Å². The van der Waals surface area contributed by atoms with E-state index in [-0.39, 0.29) is 16.5 Å². The number of nitrogens with zero attached hydrogens (tertiary/aromatic N) is 6. The number of aryl methyl sites for hydroxylation is 1. The smallest absolute Gasteiger partial charge is 0.241 e. The van der Waals surface area contributed by atoms with E-state index in [1.807, 2.05) is 0 Å². The van der Waals surface area contributed by atoms with Crippen LogP contribution in [0, 0.1) is 6.92 Å². The molecule has 0 atom stereocenters. The molecular weight excluding hydrogens is 311 g/mol. The van der Waals surface area contributed by atoms with E-state index in [1.54, 1.807) is 17.6 Å². The summed E-state index contributed by atoms with van der Waals surface area (Å²) in [5.74, 6) is 0.914. The fraction of sp³-hybridized carbons (Fsp3) is 0.100.